The lowest BCUT2D eigenvalue weighted by molar-refractivity contribution is 0.0573. The first kappa shape index (κ1) is 22.9. The second-order valence-corrected chi connectivity index (χ2v) is 8.92. The van der Waals surface area contributed by atoms with Crippen molar-refractivity contribution in [1.82, 2.24) is 9.97 Å². The Morgan fingerprint density at radius 2 is 2.03 bits per heavy atom. The number of primary amides is 1. The summed E-state index contributed by atoms with van der Waals surface area (Å²) in [5.41, 5.74) is 9.16. The predicted octanol–water partition coefficient (Wildman–Crippen LogP) is 5.39. The van der Waals surface area contributed by atoms with Gasteiger partial charge in [0.1, 0.15) is 10.7 Å². The molecular formula is C23H22Cl2N4O2S. The quantitative estimate of drug-likeness (QED) is 0.433. The number of benzene rings is 2. The van der Waals surface area contributed by atoms with Crippen LogP contribution in [0, 0.1) is 0 Å². The maximum Gasteiger partial charge on any atom is 0.271 e. The third-order valence-electron chi connectivity index (χ3n) is 5.33. The van der Waals surface area contributed by atoms with Crippen molar-refractivity contribution < 1.29 is 9.53 Å². The number of aromatic nitrogens is 2. The minimum Gasteiger partial charge on any atom is -0.376 e. The van der Waals surface area contributed by atoms with Crippen LogP contribution < -0.4 is 11.1 Å². The van der Waals surface area contributed by atoms with Crippen LogP contribution in [0.3, 0.4) is 0 Å². The van der Waals surface area contributed by atoms with Crippen molar-refractivity contribution in [2.75, 3.05) is 18.2 Å². The van der Waals surface area contributed by atoms with Crippen LogP contribution in [-0.4, -0.2) is 34.8 Å². The van der Waals surface area contributed by atoms with Crippen LogP contribution >= 0.6 is 35.0 Å². The molecule has 2 atom stereocenters. The average molecular weight is 489 g/mol. The van der Waals surface area contributed by atoms with Gasteiger partial charge in [-0.1, -0.05) is 47.5 Å². The molecule has 6 nitrogen and oxygen atoms in total. The molecule has 1 aliphatic rings. The molecule has 32 heavy (non-hydrogen) atoms. The van der Waals surface area contributed by atoms with Gasteiger partial charge in [0.05, 0.1) is 17.2 Å². The number of carbonyl (C=O) groups excluding carboxylic acids is 1. The molecule has 166 valence electrons. The van der Waals surface area contributed by atoms with Crippen molar-refractivity contribution in [3.8, 4) is 11.3 Å². The van der Waals surface area contributed by atoms with Gasteiger partial charge >= 0.3 is 0 Å². The van der Waals surface area contributed by atoms with E-state index in [9.17, 15) is 4.79 Å². The van der Waals surface area contributed by atoms with E-state index in [4.69, 9.17) is 38.7 Å². The summed E-state index contributed by atoms with van der Waals surface area (Å²) in [7, 11) is 0. The molecule has 3 aromatic rings. The summed E-state index contributed by atoms with van der Waals surface area (Å²) in [6.45, 7) is 2.54. The summed E-state index contributed by atoms with van der Waals surface area (Å²) in [5.74, 6) is -0.361. The Labute approximate surface area is 200 Å². The van der Waals surface area contributed by atoms with E-state index in [0.717, 1.165) is 12.0 Å². The van der Waals surface area contributed by atoms with Crippen molar-refractivity contribution >= 4 is 46.7 Å². The molecule has 0 aliphatic heterocycles. The number of anilines is 1. The minimum atomic E-state index is -0.682. The number of nitrogens with two attached hydrogens (primary N) is 1. The highest BCUT2D eigenvalue weighted by Gasteiger charge is 2.34. The standard InChI is InChI=1S/C23H22Cl2N4O2S/c1-3-31-17-10-12-6-4-5-7-14(12)18(17)28-22-20(21(26)30)27-19(23(29-22)32-2)15-9-8-13(24)11-16(15)25/h4-9,11,17-18H,3,10H2,1-2H3,(H2,26,30)(H,28,29)/t17-,18+/m0/s1. The van der Waals surface area contributed by atoms with Gasteiger partial charge in [0, 0.05) is 23.6 Å². The fraction of sp³-hybridized carbons (Fsp3) is 0.261. The Kier molecular flexibility index (Phi) is 6.90. The third kappa shape index (κ3) is 4.43. The van der Waals surface area contributed by atoms with Crippen molar-refractivity contribution in [2.24, 2.45) is 5.73 Å². The van der Waals surface area contributed by atoms with E-state index in [0.29, 0.717) is 38.8 Å². The molecule has 1 aromatic heterocycles. The van der Waals surface area contributed by atoms with Gasteiger partial charge in [0.15, 0.2) is 11.5 Å². The molecule has 0 saturated heterocycles. The number of amides is 1. The average Bonchev–Trinajstić information content (AvgIpc) is 3.11. The molecule has 0 fully saturated rings. The first-order valence-electron chi connectivity index (χ1n) is 10.1. The fourth-order valence-corrected chi connectivity index (χ4v) is 4.97. The van der Waals surface area contributed by atoms with Crippen molar-refractivity contribution in [2.45, 2.75) is 30.5 Å². The molecule has 1 heterocycles. The van der Waals surface area contributed by atoms with Crippen LogP contribution in [0.4, 0.5) is 5.82 Å². The molecule has 4 rings (SSSR count). The van der Waals surface area contributed by atoms with E-state index in [1.165, 1.54) is 17.3 Å². The van der Waals surface area contributed by atoms with Gasteiger partial charge in [-0.15, -0.1) is 11.8 Å². The molecule has 0 unspecified atom stereocenters. The smallest absolute Gasteiger partial charge is 0.271 e. The number of hydrogen-bond acceptors (Lipinski definition) is 6. The van der Waals surface area contributed by atoms with Gasteiger partial charge in [-0.2, -0.15) is 0 Å². The van der Waals surface area contributed by atoms with Gasteiger partial charge in [-0.25, -0.2) is 9.97 Å². The van der Waals surface area contributed by atoms with Gasteiger partial charge in [0.2, 0.25) is 0 Å². The summed E-state index contributed by atoms with van der Waals surface area (Å²) >= 11 is 13.8. The molecule has 1 aliphatic carbocycles. The van der Waals surface area contributed by atoms with E-state index in [-0.39, 0.29) is 17.8 Å². The number of fused-ring (bicyclic) bond motifs is 1. The second kappa shape index (κ2) is 9.67. The number of nitrogens with one attached hydrogen (secondary N) is 1. The number of rotatable bonds is 7. The summed E-state index contributed by atoms with van der Waals surface area (Å²) < 4.78 is 5.99. The van der Waals surface area contributed by atoms with E-state index in [1.807, 2.05) is 25.3 Å². The van der Waals surface area contributed by atoms with Crippen molar-refractivity contribution in [3.63, 3.8) is 0 Å². The molecule has 0 radical (unpaired) electrons. The van der Waals surface area contributed by atoms with Crippen LogP contribution in [0.1, 0.15) is 34.6 Å². The lowest BCUT2D eigenvalue weighted by atomic mass is 10.1. The van der Waals surface area contributed by atoms with E-state index >= 15 is 0 Å². The summed E-state index contributed by atoms with van der Waals surface area (Å²) in [5, 5.41) is 4.93. The zero-order chi connectivity index (χ0) is 22.8. The predicted molar refractivity (Wildman–Crippen MR) is 130 cm³/mol. The number of thioether (sulfide) groups is 1. The Bertz CT molecular complexity index is 1170. The lowest BCUT2D eigenvalue weighted by Crippen LogP contribution is -2.27. The number of ether oxygens (including phenoxy) is 1. The summed E-state index contributed by atoms with van der Waals surface area (Å²) in [6.07, 6.45) is 2.57. The molecule has 0 saturated carbocycles. The molecule has 0 bridgehead atoms. The zero-order valence-corrected chi connectivity index (χ0v) is 19.9. The molecule has 1 amide bonds. The van der Waals surface area contributed by atoms with Crippen LogP contribution in [0.15, 0.2) is 47.5 Å². The van der Waals surface area contributed by atoms with Crippen molar-refractivity contribution in [1.29, 1.82) is 0 Å². The highest BCUT2D eigenvalue weighted by atomic mass is 35.5. The van der Waals surface area contributed by atoms with Crippen LogP contribution in [0.2, 0.25) is 10.0 Å². The summed E-state index contributed by atoms with van der Waals surface area (Å²) in [6, 6.07) is 13.1. The zero-order valence-electron chi connectivity index (χ0n) is 17.6. The normalized spacial score (nSPS) is 17.2. The minimum absolute atomic E-state index is 0.0449. The number of nitrogens with zero attached hydrogens (tertiary/aromatic N) is 2. The van der Waals surface area contributed by atoms with Gasteiger partial charge in [-0.3, -0.25) is 4.79 Å². The molecule has 3 N–H and O–H groups in total. The van der Waals surface area contributed by atoms with Crippen molar-refractivity contribution in [3.05, 3.63) is 69.3 Å². The highest BCUT2D eigenvalue weighted by molar-refractivity contribution is 7.98. The van der Waals surface area contributed by atoms with Crippen LogP contribution in [0.25, 0.3) is 11.3 Å². The lowest BCUT2D eigenvalue weighted by Gasteiger charge is -2.24. The SMILES string of the molecule is CCO[C@H]1Cc2ccccc2[C@H]1Nc1nc(SC)c(-c2ccc(Cl)cc2Cl)nc1C(N)=O. The Morgan fingerprint density at radius 1 is 1.25 bits per heavy atom. The van der Waals surface area contributed by atoms with Crippen LogP contribution in [0.5, 0.6) is 0 Å². The first-order valence-corrected chi connectivity index (χ1v) is 12.1. The third-order valence-corrected chi connectivity index (χ3v) is 6.55. The second-order valence-electron chi connectivity index (χ2n) is 7.29. The Hall–Kier alpha value is -2.32. The summed E-state index contributed by atoms with van der Waals surface area (Å²) in [4.78, 5) is 21.7. The first-order chi connectivity index (χ1) is 15.4. The molecule has 9 heteroatoms. The fourth-order valence-electron chi connectivity index (χ4n) is 3.94. The largest absolute Gasteiger partial charge is 0.376 e. The van der Waals surface area contributed by atoms with E-state index in [2.05, 4.69) is 22.4 Å². The van der Waals surface area contributed by atoms with Gasteiger partial charge < -0.3 is 15.8 Å². The highest BCUT2D eigenvalue weighted by Crippen LogP contribution is 2.39. The van der Waals surface area contributed by atoms with E-state index in [1.54, 1.807) is 18.2 Å². The number of carbonyl (C=O) groups is 1. The molecule has 2 aromatic carbocycles. The monoisotopic (exact) mass is 488 g/mol. The van der Waals surface area contributed by atoms with Crippen LogP contribution in [-0.2, 0) is 11.2 Å². The van der Waals surface area contributed by atoms with Gasteiger partial charge in [-0.05, 0) is 42.5 Å². The Morgan fingerprint density at radius 3 is 2.72 bits per heavy atom. The molecule has 0 spiro atoms. The molecular weight excluding hydrogens is 467 g/mol. The number of halogens is 2. The maximum atomic E-state index is 12.4. The van der Waals surface area contributed by atoms with Gasteiger partial charge in [0.25, 0.3) is 5.91 Å². The van der Waals surface area contributed by atoms with E-state index < -0.39 is 5.91 Å². The maximum absolute atomic E-state index is 12.4. The Balaban J connectivity index is 1.80. The topological polar surface area (TPSA) is 90.1 Å². The number of hydrogen-bond donors (Lipinski definition) is 2.